The summed E-state index contributed by atoms with van der Waals surface area (Å²) < 4.78 is 0. The fourth-order valence-corrected chi connectivity index (χ4v) is 3.08. The summed E-state index contributed by atoms with van der Waals surface area (Å²) in [5.41, 5.74) is 2.80. The van der Waals surface area contributed by atoms with Gasteiger partial charge in [0.1, 0.15) is 0 Å². The van der Waals surface area contributed by atoms with Crippen LogP contribution in [-0.4, -0.2) is 31.1 Å². The molecule has 1 saturated heterocycles. The fourth-order valence-electron chi connectivity index (χ4n) is 3.08. The lowest BCUT2D eigenvalue weighted by atomic mass is 9.91. The molecular weight excluding hydrogens is 244 g/mol. The molecule has 0 radical (unpaired) electrons. The Balaban J connectivity index is 1.84. The summed E-state index contributed by atoms with van der Waals surface area (Å²) >= 11 is 0. The first-order valence-electron chi connectivity index (χ1n) is 7.37. The van der Waals surface area contributed by atoms with Crippen LogP contribution < -0.4 is 5.32 Å². The molecule has 1 aliphatic heterocycles. The van der Waals surface area contributed by atoms with E-state index in [1.54, 1.807) is 0 Å². The van der Waals surface area contributed by atoms with Gasteiger partial charge in [0.2, 0.25) is 0 Å². The monoisotopic (exact) mass is 266 g/mol. The maximum absolute atomic E-state index is 3.69. The lowest BCUT2D eigenvalue weighted by molar-refractivity contribution is 0.149. The average molecular weight is 266 g/mol. The van der Waals surface area contributed by atoms with Gasteiger partial charge in [-0.15, -0.1) is 0 Å². The van der Waals surface area contributed by atoms with Gasteiger partial charge in [-0.05, 0) is 24.6 Å². The SMILES string of the molecule is CN1CCN[C@H](c2ccccc2)[C@H]1Cc1ccccc1. The number of likely N-dealkylation sites (N-methyl/N-ethyl adjacent to an activating group) is 1. The van der Waals surface area contributed by atoms with Gasteiger partial charge in [-0.3, -0.25) is 4.90 Å². The smallest absolute Gasteiger partial charge is 0.0481 e. The molecule has 0 amide bonds. The van der Waals surface area contributed by atoms with E-state index in [-0.39, 0.29) is 0 Å². The highest BCUT2D eigenvalue weighted by Gasteiger charge is 2.29. The highest BCUT2D eigenvalue weighted by Crippen LogP contribution is 2.25. The maximum Gasteiger partial charge on any atom is 0.0481 e. The molecule has 1 N–H and O–H groups in total. The second-order valence-electron chi connectivity index (χ2n) is 5.58. The zero-order chi connectivity index (χ0) is 13.8. The van der Waals surface area contributed by atoms with Gasteiger partial charge in [-0.1, -0.05) is 60.7 Å². The van der Waals surface area contributed by atoms with Crippen molar-refractivity contribution in [2.24, 2.45) is 0 Å². The summed E-state index contributed by atoms with van der Waals surface area (Å²) in [4.78, 5) is 2.49. The standard InChI is InChI=1S/C18H22N2/c1-20-13-12-19-18(16-10-6-3-7-11-16)17(20)14-15-8-4-2-5-9-15/h2-11,17-19H,12-14H2,1H3/t17-,18-/m1/s1. The highest BCUT2D eigenvalue weighted by atomic mass is 15.2. The molecule has 2 atom stereocenters. The molecule has 0 aliphatic carbocycles. The lowest BCUT2D eigenvalue weighted by Gasteiger charge is -2.40. The molecule has 0 saturated carbocycles. The predicted octanol–water partition coefficient (Wildman–Crippen LogP) is 2.87. The second kappa shape index (κ2) is 6.21. The summed E-state index contributed by atoms with van der Waals surface area (Å²) in [6.07, 6.45) is 1.09. The Kier molecular flexibility index (Phi) is 4.14. The maximum atomic E-state index is 3.69. The van der Waals surface area contributed by atoms with Crippen molar-refractivity contribution < 1.29 is 0 Å². The van der Waals surface area contributed by atoms with Crippen molar-refractivity contribution in [1.82, 2.24) is 10.2 Å². The molecule has 1 fully saturated rings. The highest BCUT2D eigenvalue weighted by molar-refractivity contribution is 5.24. The number of piperazine rings is 1. The van der Waals surface area contributed by atoms with Crippen LogP contribution in [0.15, 0.2) is 60.7 Å². The van der Waals surface area contributed by atoms with E-state index in [1.165, 1.54) is 11.1 Å². The average Bonchev–Trinajstić information content (AvgIpc) is 2.51. The molecule has 0 bridgehead atoms. The number of hydrogen-bond acceptors (Lipinski definition) is 2. The van der Waals surface area contributed by atoms with Crippen molar-refractivity contribution in [1.29, 1.82) is 0 Å². The first-order chi connectivity index (χ1) is 9.84. The van der Waals surface area contributed by atoms with Crippen LogP contribution in [0.1, 0.15) is 17.2 Å². The molecule has 0 unspecified atom stereocenters. The molecule has 2 aromatic rings. The third kappa shape index (κ3) is 2.92. The van der Waals surface area contributed by atoms with E-state index >= 15 is 0 Å². The Morgan fingerprint density at radius 1 is 1.00 bits per heavy atom. The molecule has 0 aromatic heterocycles. The fraction of sp³-hybridized carbons (Fsp3) is 0.333. The van der Waals surface area contributed by atoms with E-state index in [2.05, 4.69) is 77.9 Å². The number of hydrogen-bond donors (Lipinski definition) is 1. The molecule has 20 heavy (non-hydrogen) atoms. The summed E-state index contributed by atoms with van der Waals surface area (Å²) in [7, 11) is 2.24. The third-order valence-electron chi connectivity index (χ3n) is 4.23. The van der Waals surface area contributed by atoms with Crippen molar-refractivity contribution >= 4 is 0 Å². The lowest BCUT2D eigenvalue weighted by Crippen LogP contribution is -2.52. The van der Waals surface area contributed by atoms with E-state index in [9.17, 15) is 0 Å². The second-order valence-corrected chi connectivity index (χ2v) is 5.58. The Bertz CT molecular complexity index is 524. The van der Waals surface area contributed by atoms with E-state index < -0.39 is 0 Å². The quantitative estimate of drug-likeness (QED) is 0.919. The Morgan fingerprint density at radius 3 is 2.35 bits per heavy atom. The van der Waals surface area contributed by atoms with Crippen LogP contribution in [0.5, 0.6) is 0 Å². The van der Waals surface area contributed by atoms with Crippen LogP contribution in [-0.2, 0) is 6.42 Å². The van der Waals surface area contributed by atoms with E-state index in [0.717, 1.165) is 19.5 Å². The molecule has 104 valence electrons. The van der Waals surface area contributed by atoms with Crippen LogP contribution >= 0.6 is 0 Å². The van der Waals surface area contributed by atoms with Crippen LogP contribution in [0, 0.1) is 0 Å². The van der Waals surface area contributed by atoms with Gasteiger partial charge in [0.25, 0.3) is 0 Å². The topological polar surface area (TPSA) is 15.3 Å². The number of nitrogens with one attached hydrogen (secondary N) is 1. The minimum Gasteiger partial charge on any atom is -0.307 e. The zero-order valence-electron chi connectivity index (χ0n) is 12.0. The van der Waals surface area contributed by atoms with Crippen molar-refractivity contribution in [3.8, 4) is 0 Å². The van der Waals surface area contributed by atoms with Gasteiger partial charge >= 0.3 is 0 Å². The van der Waals surface area contributed by atoms with Gasteiger partial charge in [0.15, 0.2) is 0 Å². The largest absolute Gasteiger partial charge is 0.307 e. The first-order valence-corrected chi connectivity index (χ1v) is 7.37. The summed E-state index contributed by atoms with van der Waals surface area (Å²) in [5.74, 6) is 0. The Morgan fingerprint density at radius 2 is 1.65 bits per heavy atom. The van der Waals surface area contributed by atoms with Gasteiger partial charge in [0.05, 0.1) is 0 Å². The van der Waals surface area contributed by atoms with E-state index in [1.807, 2.05) is 0 Å². The zero-order valence-corrected chi connectivity index (χ0v) is 12.0. The Labute approximate surface area is 121 Å². The van der Waals surface area contributed by atoms with E-state index in [4.69, 9.17) is 0 Å². The minimum absolute atomic E-state index is 0.412. The van der Waals surface area contributed by atoms with Gasteiger partial charge < -0.3 is 5.32 Å². The summed E-state index contributed by atoms with van der Waals surface area (Å²) in [6.45, 7) is 2.17. The number of nitrogens with zero attached hydrogens (tertiary/aromatic N) is 1. The molecule has 0 spiro atoms. The molecule has 1 aliphatic rings. The normalized spacial score (nSPS) is 23.6. The van der Waals surface area contributed by atoms with E-state index in [0.29, 0.717) is 12.1 Å². The summed E-state index contributed by atoms with van der Waals surface area (Å²) in [6, 6.07) is 22.5. The molecule has 3 rings (SSSR count). The van der Waals surface area contributed by atoms with Crippen molar-refractivity contribution in [2.45, 2.75) is 18.5 Å². The first kappa shape index (κ1) is 13.3. The molecule has 2 nitrogen and oxygen atoms in total. The number of benzene rings is 2. The van der Waals surface area contributed by atoms with Crippen LogP contribution in [0.25, 0.3) is 0 Å². The molecule has 1 heterocycles. The summed E-state index contributed by atoms with van der Waals surface area (Å²) in [5, 5.41) is 3.69. The molecular formula is C18H22N2. The van der Waals surface area contributed by atoms with Crippen LogP contribution in [0.4, 0.5) is 0 Å². The van der Waals surface area contributed by atoms with Gasteiger partial charge in [0, 0.05) is 25.2 Å². The van der Waals surface area contributed by atoms with Gasteiger partial charge in [-0.25, -0.2) is 0 Å². The van der Waals surface area contributed by atoms with Crippen LogP contribution in [0.2, 0.25) is 0 Å². The van der Waals surface area contributed by atoms with Crippen molar-refractivity contribution in [3.05, 3.63) is 71.8 Å². The van der Waals surface area contributed by atoms with Crippen molar-refractivity contribution in [2.75, 3.05) is 20.1 Å². The van der Waals surface area contributed by atoms with Crippen molar-refractivity contribution in [3.63, 3.8) is 0 Å². The number of rotatable bonds is 3. The minimum atomic E-state index is 0.412. The molecule has 2 heteroatoms. The molecule has 2 aromatic carbocycles. The Hall–Kier alpha value is -1.64. The van der Waals surface area contributed by atoms with Crippen LogP contribution in [0.3, 0.4) is 0 Å². The third-order valence-corrected chi connectivity index (χ3v) is 4.23. The van der Waals surface area contributed by atoms with Gasteiger partial charge in [-0.2, -0.15) is 0 Å². The predicted molar refractivity (Wildman–Crippen MR) is 83.7 cm³/mol.